The first-order chi connectivity index (χ1) is 15.3. The molecule has 0 amide bonds. The topological polar surface area (TPSA) is 67.9 Å². The van der Waals surface area contributed by atoms with E-state index in [-0.39, 0.29) is 11.4 Å². The Bertz CT molecular complexity index is 1300. The Morgan fingerprint density at radius 2 is 1.69 bits per heavy atom. The molecule has 32 heavy (non-hydrogen) atoms. The predicted molar refractivity (Wildman–Crippen MR) is 131 cm³/mol. The number of fused-ring (bicyclic) bond motifs is 1. The van der Waals surface area contributed by atoms with Gasteiger partial charge in [0, 0.05) is 27.5 Å². The number of hydrogen-bond acceptors (Lipinski definition) is 5. The molecule has 0 unspecified atom stereocenters. The van der Waals surface area contributed by atoms with Crippen molar-refractivity contribution in [2.24, 2.45) is 0 Å². The van der Waals surface area contributed by atoms with Crippen LogP contribution in [-0.4, -0.2) is 29.2 Å². The van der Waals surface area contributed by atoms with Crippen LogP contribution in [0.3, 0.4) is 0 Å². The SMILES string of the molecule is COc1ccc(S(=O)(=O)N2CC(Nc3cccc(Br)c3)=C(C)c3ccccc32)cc1OC. The van der Waals surface area contributed by atoms with Crippen molar-refractivity contribution in [1.82, 2.24) is 0 Å². The maximum Gasteiger partial charge on any atom is 0.264 e. The molecule has 3 aromatic rings. The third kappa shape index (κ3) is 4.08. The number of hydrogen-bond donors (Lipinski definition) is 1. The van der Waals surface area contributed by atoms with Crippen molar-refractivity contribution in [3.63, 3.8) is 0 Å². The fourth-order valence-corrected chi connectivity index (χ4v) is 5.58. The molecule has 8 heteroatoms. The van der Waals surface area contributed by atoms with E-state index in [0.29, 0.717) is 17.2 Å². The van der Waals surface area contributed by atoms with E-state index in [1.165, 1.54) is 30.7 Å². The molecule has 6 nitrogen and oxygen atoms in total. The number of methoxy groups -OCH3 is 2. The number of halogens is 1. The highest BCUT2D eigenvalue weighted by Crippen LogP contribution is 2.39. The molecular formula is C24H23BrN2O4S. The van der Waals surface area contributed by atoms with Crippen molar-refractivity contribution in [2.45, 2.75) is 11.8 Å². The fraction of sp³-hybridized carbons (Fsp3) is 0.167. The molecule has 1 aliphatic heterocycles. The van der Waals surface area contributed by atoms with Crippen LogP contribution in [0.15, 0.2) is 81.8 Å². The number of sulfonamides is 1. The summed E-state index contributed by atoms with van der Waals surface area (Å²) in [6, 6.07) is 19.9. The molecule has 3 aromatic carbocycles. The lowest BCUT2D eigenvalue weighted by molar-refractivity contribution is 0.354. The summed E-state index contributed by atoms with van der Waals surface area (Å²) in [6.07, 6.45) is 0. The molecule has 166 valence electrons. The smallest absolute Gasteiger partial charge is 0.264 e. The van der Waals surface area contributed by atoms with Crippen molar-refractivity contribution < 1.29 is 17.9 Å². The van der Waals surface area contributed by atoms with E-state index >= 15 is 0 Å². The Kier molecular flexibility index (Phi) is 6.17. The van der Waals surface area contributed by atoms with E-state index in [1.54, 1.807) is 6.07 Å². The normalized spacial score (nSPS) is 13.6. The maximum absolute atomic E-state index is 13.7. The van der Waals surface area contributed by atoms with Gasteiger partial charge in [-0.05, 0) is 48.9 Å². The Labute approximate surface area is 196 Å². The molecule has 0 atom stereocenters. The van der Waals surface area contributed by atoms with Crippen LogP contribution in [-0.2, 0) is 10.0 Å². The minimum atomic E-state index is -3.88. The van der Waals surface area contributed by atoms with E-state index < -0.39 is 10.0 Å². The number of benzene rings is 3. The fourth-order valence-electron chi connectivity index (χ4n) is 3.71. The Balaban J connectivity index is 1.79. The van der Waals surface area contributed by atoms with Gasteiger partial charge in [-0.15, -0.1) is 0 Å². The number of nitrogens with one attached hydrogen (secondary N) is 1. The van der Waals surface area contributed by atoms with Crippen LogP contribution in [0.5, 0.6) is 11.5 Å². The number of para-hydroxylation sites is 1. The molecule has 0 spiro atoms. The molecule has 0 aliphatic carbocycles. The maximum atomic E-state index is 13.7. The summed E-state index contributed by atoms with van der Waals surface area (Å²) in [5, 5.41) is 3.41. The van der Waals surface area contributed by atoms with Crippen molar-refractivity contribution in [3.8, 4) is 11.5 Å². The third-order valence-corrected chi connectivity index (χ3v) is 7.64. The summed E-state index contributed by atoms with van der Waals surface area (Å²) in [4.78, 5) is 0.131. The number of allylic oxidation sites excluding steroid dienone is 1. The van der Waals surface area contributed by atoms with Gasteiger partial charge in [-0.25, -0.2) is 8.42 Å². The third-order valence-electron chi connectivity index (χ3n) is 5.39. The van der Waals surface area contributed by atoms with Gasteiger partial charge in [-0.3, -0.25) is 4.31 Å². The molecule has 1 heterocycles. The van der Waals surface area contributed by atoms with Gasteiger partial charge >= 0.3 is 0 Å². The molecule has 4 rings (SSSR count). The summed E-state index contributed by atoms with van der Waals surface area (Å²) in [7, 11) is -0.879. The van der Waals surface area contributed by atoms with Crippen molar-refractivity contribution in [2.75, 3.05) is 30.4 Å². The second kappa shape index (κ2) is 8.88. The number of rotatable bonds is 6. The lowest BCUT2D eigenvalue weighted by atomic mass is 9.99. The quantitative estimate of drug-likeness (QED) is 0.469. The standard InChI is InChI=1S/C24H23BrN2O4S/c1-16-20-9-4-5-10-22(20)27(15-21(16)26-18-8-6-7-17(25)13-18)32(28,29)19-11-12-23(30-2)24(14-19)31-3/h4-14,26H,15H2,1-3H3. The van der Waals surface area contributed by atoms with Gasteiger partial charge in [-0.2, -0.15) is 0 Å². The number of anilines is 2. The Morgan fingerprint density at radius 3 is 2.41 bits per heavy atom. The van der Waals surface area contributed by atoms with Crippen LogP contribution >= 0.6 is 15.9 Å². The van der Waals surface area contributed by atoms with Gasteiger partial charge in [0.1, 0.15) is 0 Å². The van der Waals surface area contributed by atoms with Gasteiger partial charge < -0.3 is 14.8 Å². The number of ether oxygens (including phenoxy) is 2. The summed E-state index contributed by atoms with van der Waals surface area (Å²) in [5.41, 5.74) is 4.18. The molecule has 0 saturated carbocycles. The van der Waals surface area contributed by atoms with Gasteiger partial charge in [0.25, 0.3) is 10.0 Å². The first-order valence-electron chi connectivity index (χ1n) is 9.91. The highest BCUT2D eigenvalue weighted by Gasteiger charge is 2.32. The van der Waals surface area contributed by atoms with Gasteiger partial charge in [-0.1, -0.05) is 40.2 Å². The summed E-state index contributed by atoms with van der Waals surface area (Å²) in [6.45, 7) is 2.17. The molecule has 0 aromatic heterocycles. The molecule has 1 N–H and O–H groups in total. The second-order valence-electron chi connectivity index (χ2n) is 7.28. The Hall–Kier alpha value is -2.97. The highest BCUT2D eigenvalue weighted by molar-refractivity contribution is 9.10. The average molecular weight is 515 g/mol. The zero-order valence-corrected chi connectivity index (χ0v) is 20.3. The van der Waals surface area contributed by atoms with Crippen molar-refractivity contribution in [1.29, 1.82) is 0 Å². The highest BCUT2D eigenvalue weighted by atomic mass is 79.9. The van der Waals surface area contributed by atoms with Crippen LogP contribution < -0.4 is 19.1 Å². The largest absolute Gasteiger partial charge is 0.493 e. The first kappa shape index (κ1) is 22.2. The molecule has 0 bridgehead atoms. The van der Waals surface area contributed by atoms with E-state index in [9.17, 15) is 8.42 Å². The minimum absolute atomic E-state index is 0.131. The molecule has 0 fully saturated rings. The van der Waals surface area contributed by atoms with Gasteiger partial charge in [0.05, 0.1) is 31.3 Å². The van der Waals surface area contributed by atoms with E-state index in [0.717, 1.165) is 27.0 Å². The molecular weight excluding hydrogens is 492 g/mol. The van der Waals surface area contributed by atoms with Gasteiger partial charge in [0.2, 0.25) is 0 Å². The van der Waals surface area contributed by atoms with Crippen molar-refractivity contribution >= 4 is 42.9 Å². The molecule has 0 radical (unpaired) electrons. The van der Waals surface area contributed by atoms with Crippen molar-refractivity contribution in [3.05, 3.63) is 82.5 Å². The van der Waals surface area contributed by atoms with Crippen LogP contribution in [0.4, 0.5) is 11.4 Å². The zero-order valence-electron chi connectivity index (χ0n) is 17.9. The van der Waals surface area contributed by atoms with E-state index in [1.807, 2.05) is 55.5 Å². The first-order valence-corrected chi connectivity index (χ1v) is 12.1. The predicted octanol–water partition coefficient (Wildman–Crippen LogP) is 5.52. The summed E-state index contributed by atoms with van der Waals surface area (Å²) >= 11 is 3.48. The van der Waals surface area contributed by atoms with Gasteiger partial charge in [0.15, 0.2) is 11.5 Å². The molecule has 0 saturated heterocycles. The van der Waals surface area contributed by atoms with Crippen LogP contribution in [0.1, 0.15) is 12.5 Å². The van der Waals surface area contributed by atoms with Crippen LogP contribution in [0.2, 0.25) is 0 Å². The van der Waals surface area contributed by atoms with E-state index in [2.05, 4.69) is 21.2 Å². The lowest BCUT2D eigenvalue weighted by Crippen LogP contribution is -2.37. The van der Waals surface area contributed by atoms with Crippen LogP contribution in [0, 0.1) is 0 Å². The second-order valence-corrected chi connectivity index (χ2v) is 10.1. The summed E-state index contributed by atoms with van der Waals surface area (Å²) < 4.78 is 40.4. The monoisotopic (exact) mass is 514 g/mol. The molecule has 1 aliphatic rings. The van der Waals surface area contributed by atoms with E-state index in [4.69, 9.17) is 9.47 Å². The number of nitrogens with zero attached hydrogens (tertiary/aromatic N) is 1. The van der Waals surface area contributed by atoms with Crippen LogP contribution in [0.25, 0.3) is 5.57 Å². The zero-order chi connectivity index (χ0) is 22.9. The average Bonchev–Trinajstić information content (AvgIpc) is 2.80. The Morgan fingerprint density at radius 1 is 0.938 bits per heavy atom. The lowest BCUT2D eigenvalue weighted by Gasteiger charge is -2.33. The minimum Gasteiger partial charge on any atom is -0.493 e. The summed E-state index contributed by atoms with van der Waals surface area (Å²) in [5.74, 6) is 0.830.